The van der Waals surface area contributed by atoms with E-state index >= 15 is 0 Å². The predicted molar refractivity (Wildman–Crippen MR) is 113 cm³/mol. The Labute approximate surface area is 168 Å². The number of para-hydroxylation sites is 1. The molecule has 150 valence electrons. The Morgan fingerprint density at radius 1 is 0.931 bits per heavy atom. The quantitative estimate of drug-likeness (QED) is 0.713. The summed E-state index contributed by atoms with van der Waals surface area (Å²) in [4.78, 5) is 28.0. The van der Waals surface area contributed by atoms with Gasteiger partial charge < -0.3 is 4.98 Å². The maximum absolute atomic E-state index is 12.8. The van der Waals surface area contributed by atoms with Gasteiger partial charge in [0.2, 0.25) is 10.0 Å². The number of nitrogens with one attached hydrogen (secondary N) is 1. The maximum atomic E-state index is 12.8. The molecule has 0 aliphatic carbocycles. The van der Waals surface area contributed by atoms with Crippen molar-refractivity contribution in [2.45, 2.75) is 18.9 Å². The van der Waals surface area contributed by atoms with Crippen LogP contribution in [0.25, 0.3) is 17.0 Å². The zero-order valence-corrected chi connectivity index (χ0v) is 16.5. The molecular weight excluding hydrogens is 390 g/mol. The summed E-state index contributed by atoms with van der Waals surface area (Å²) in [6.45, 7) is 0.510. The second-order valence-electron chi connectivity index (χ2n) is 7.04. The number of piperidine rings is 1. The van der Waals surface area contributed by atoms with Crippen molar-refractivity contribution >= 4 is 27.0 Å². The third kappa shape index (κ3) is 3.94. The Morgan fingerprint density at radius 2 is 1.59 bits per heavy atom. The average molecular weight is 411 g/mol. The molecular formula is C21H21N3O4S. The van der Waals surface area contributed by atoms with Crippen LogP contribution in [-0.4, -0.2) is 35.4 Å². The lowest BCUT2D eigenvalue weighted by atomic mass is 10.1. The molecule has 1 fully saturated rings. The van der Waals surface area contributed by atoms with E-state index in [0.29, 0.717) is 23.7 Å². The molecule has 0 atom stereocenters. The van der Waals surface area contributed by atoms with E-state index in [2.05, 4.69) is 4.98 Å². The minimum atomic E-state index is -3.56. The van der Waals surface area contributed by atoms with Gasteiger partial charge in [0.1, 0.15) is 0 Å². The molecule has 1 N–H and O–H groups in total. The molecule has 0 saturated carbocycles. The molecule has 8 heteroatoms. The Bertz CT molecular complexity index is 1270. The van der Waals surface area contributed by atoms with Crippen molar-refractivity contribution in [1.82, 2.24) is 13.9 Å². The van der Waals surface area contributed by atoms with Gasteiger partial charge >= 0.3 is 5.69 Å². The molecule has 3 aromatic rings. The smallest absolute Gasteiger partial charge is 0.307 e. The van der Waals surface area contributed by atoms with Gasteiger partial charge in [0.05, 0.1) is 10.9 Å². The Balaban J connectivity index is 1.53. The SMILES string of the molecule is O=c1[nH]c2ccccc2c(=O)n1C1CCN(S(=O)(=O)C=Cc2ccccc2)CC1. The fourth-order valence-electron chi connectivity index (χ4n) is 3.68. The summed E-state index contributed by atoms with van der Waals surface area (Å²) >= 11 is 0. The van der Waals surface area contributed by atoms with Gasteiger partial charge in [-0.15, -0.1) is 0 Å². The molecule has 1 aromatic heterocycles. The summed E-state index contributed by atoms with van der Waals surface area (Å²) in [5.41, 5.74) is 0.513. The first-order valence-electron chi connectivity index (χ1n) is 9.42. The summed E-state index contributed by atoms with van der Waals surface area (Å²) in [5.74, 6) is 0. The predicted octanol–water partition coefficient (Wildman–Crippen LogP) is 2.33. The zero-order chi connectivity index (χ0) is 20.4. The van der Waals surface area contributed by atoms with E-state index in [1.54, 1.807) is 30.3 Å². The van der Waals surface area contributed by atoms with Crippen LogP contribution in [0, 0.1) is 0 Å². The van der Waals surface area contributed by atoms with Crippen molar-refractivity contribution in [3.63, 3.8) is 0 Å². The summed E-state index contributed by atoms with van der Waals surface area (Å²) < 4.78 is 27.8. The van der Waals surface area contributed by atoms with Gasteiger partial charge in [-0.25, -0.2) is 13.2 Å². The monoisotopic (exact) mass is 411 g/mol. The van der Waals surface area contributed by atoms with E-state index in [1.807, 2.05) is 30.3 Å². The molecule has 1 saturated heterocycles. The zero-order valence-electron chi connectivity index (χ0n) is 15.7. The average Bonchev–Trinajstić information content (AvgIpc) is 2.73. The van der Waals surface area contributed by atoms with Crippen LogP contribution in [0.4, 0.5) is 0 Å². The highest BCUT2D eigenvalue weighted by Crippen LogP contribution is 2.23. The van der Waals surface area contributed by atoms with Gasteiger partial charge in [-0.05, 0) is 36.6 Å². The number of hydrogen-bond donors (Lipinski definition) is 1. The van der Waals surface area contributed by atoms with E-state index < -0.39 is 15.7 Å². The fraction of sp³-hybridized carbons (Fsp3) is 0.238. The van der Waals surface area contributed by atoms with E-state index in [-0.39, 0.29) is 24.7 Å². The van der Waals surface area contributed by atoms with E-state index in [0.717, 1.165) is 5.56 Å². The largest absolute Gasteiger partial charge is 0.329 e. The molecule has 0 amide bonds. The van der Waals surface area contributed by atoms with Crippen LogP contribution >= 0.6 is 0 Å². The normalized spacial score (nSPS) is 16.6. The molecule has 29 heavy (non-hydrogen) atoms. The topological polar surface area (TPSA) is 92.2 Å². The van der Waals surface area contributed by atoms with Crippen LogP contribution in [0.2, 0.25) is 0 Å². The molecule has 1 aliphatic heterocycles. The van der Waals surface area contributed by atoms with Gasteiger partial charge in [-0.3, -0.25) is 9.36 Å². The Morgan fingerprint density at radius 3 is 2.31 bits per heavy atom. The van der Waals surface area contributed by atoms with Gasteiger partial charge in [0.15, 0.2) is 0 Å². The number of nitrogens with zero attached hydrogens (tertiary/aromatic N) is 2. The van der Waals surface area contributed by atoms with Gasteiger partial charge in [-0.2, -0.15) is 4.31 Å². The number of aromatic amines is 1. The summed E-state index contributed by atoms with van der Waals surface area (Å²) in [7, 11) is -3.56. The van der Waals surface area contributed by atoms with Crippen LogP contribution in [0.5, 0.6) is 0 Å². The summed E-state index contributed by atoms with van der Waals surface area (Å²) in [6.07, 6.45) is 2.37. The fourth-order valence-corrected chi connectivity index (χ4v) is 4.90. The van der Waals surface area contributed by atoms with E-state index in [1.165, 1.54) is 14.3 Å². The highest BCUT2D eigenvalue weighted by atomic mass is 32.2. The summed E-state index contributed by atoms with van der Waals surface area (Å²) in [5, 5.41) is 1.66. The lowest BCUT2D eigenvalue weighted by Gasteiger charge is -2.30. The van der Waals surface area contributed by atoms with Gasteiger partial charge in [0, 0.05) is 24.5 Å². The lowest BCUT2D eigenvalue weighted by Crippen LogP contribution is -2.44. The highest BCUT2D eigenvalue weighted by Gasteiger charge is 2.28. The molecule has 7 nitrogen and oxygen atoms in total. The first-order valence-corrected chi connectivity index (χ1v) is 10.9. The third-order valence-electron chi connectivity index (χ3n) is 5.22. The van der Waals surface area contributed by atoms with Crippen LogP contribution in [-0.2, 0) is 10.0 Å². The van der Waals surface area contributed by atoms with Crippen LogP contribution < -0.4 is 11.2 Å². The molecule has 2 heterocycles. The van der Waals surface area contributed by atoms with Crippen LogP contribution in [0.3, 0.4) is 0 Å². The number of sulfonamides is 1. The highest BCUT2D eigenvalue weighted by molar-refractivity contribution is 7.92. The van der Waals surface area contributed by atoms with Crippen molar-refractivity contribution in [3.8, 4) is 0 Å². The number of benzene rings is 2. The maximum Gasteiger partial charge on any atom is 0.329 e. The number of H-pyrrole nitrogens is 1. The van der Waals surface area contributed by atoms with Crippen molar-refractivity contribution in [1.29, 1.82) is 0 Å². The first kappa shape index (κ1) is 19.4. The Kier molecular flexibility index (Phi) is 5.21. The minimum absolute atomic E-state index is 0.255. The first-order chi connectivity index (χ1) is 14.0. The molecule has 0 radical (unpaired) electrons. The summed E-state index contributed by atoms with van der Waals surface area (Å²) in [6, 6.07) is 15.8. The third-order valence-corrected chi connectivity index (χ3v) is 6.78. The second-order valence-corrected chi connectivity index (χ2v) is 8.86. The standard InChI is InChI=1S/C21H21N3O4S/c25-20-18-8-4-5-9-19(18)22-21(26)24(20)17-10-13-23(14-11-17)29(27,28)15-12-16-6-2-1-3-7-16/h1-9,12,15,17H,10-11,13-14H2,(H,22,26). The van der Waals surface area contributed by atoms with Crippen molar-refractivity contribution in [2.24, 2.45) is 0 Å². The van der Waals surface area contributed by atoms with Crippen molar-refractivity contribution in [3.05, 3.63) is 86.4 Å². The van der Waals surface area contributed by atoms with Crippen molar-refractivity contribution < 1.29 is 8.42 Å². The van der Waals surface area contributed by atoms with E-state index in [4.69, 9.17) is 0 Å². The molecule has 1 aliphatic rings. The Hall–Kier alpha value is -2.97. The number of fused-ring (bicyclic) bond motifs is 1. The lowest BCUT2D eigenvalue weighted by molar-refractivity contribution is 0.268. The van der Waals surface area contributed by atoms with Gasteiger partial charge in [0.25, 0.3) is 5.56 Å². The molecule has 0 bridgehead atoms. The number of hydrogen-bond acceptors (Lipinski definition) is 4. The minimum Gasteiger partial charge on any atom is -0.307 e. The molecule has 0 unspecified atom stereocenters. The van der Waals surface area contributed by atoms with Crippen LogP contribution in [0.15, 0.2) is 69.6 Å². The van der Waals surface area contributed by atoms with Gasteiger partial charge in [-0.1, -0.05) is 42.5 Å². The number of aromatic nitrogens is 2. The van der Waals surface area contributed by atoms with Crippen LogP contribution in [0.1, 0.15) is 24.4 Å². The molecule has 0 spiro atoms. The van der Waals surface area contributed by atoms with Crippen molar-refractivity contribution in [2.75, 3.05) is 13.1 Å². The van der Waals surface area contributed by atoms with E-state index in [9.17, 15) is 18.0 Å². The molecule has 4 rings (SSSR count). The number of rotatable bonds is 4. The second kappa shape index (κ2) is 7.81. The molecule has 2 aromatic carbocycles.